The van der Waals surface area contributed by atoms with Crippen molar-refractivity contribution >= 4 is 5.91 Å². The van der Waals surface area contributed by atoms with E-state index in [1.807, 2.05) is 72.9 Å². The van der Waals surface area contributed by atoms with Gasteiger partial charge in [-0.15, -0.1) is 0 Å². The van der Waals surface area contributed by atoms with E-state index >= 15 is 0 Å². The van der Waals surface area contributed by atoms with Crippen molar-refractivity contribution in [3.63, 3.8) is 0 Å². The lowest BCUT2D eigenvalue weighted by atomic mass is 10.2. The maximum atomic E-state index is 12.5. The Morgan fingerprint density at radius 2 is 1.79 bits per heavy atom. The predicted molar refractivity (Wildman–Crippen MR) is 126 cm³/mol. The van der Waals surface area contributed by atoms with Crippen LogP contribution in [-0.4, -0.2) is 27.3 Å². The number of amides is 1. The smallest absolute Gasteiger partial charge is 0.224 e. The van der Waals surface area contributed by atoms with E-state index < -0.39 is 0 Å². The Balaban J connectivity index is 1.33. The van der Waals surface area contributed by atoms with E-state index in [1.54, 1.807) is 17.1 Å². The molecule has 0 saturated carbocycles. The number of rotatable bonds is 10. The van der Waals surface area contributed by atoms with Crippen LogP contribution in [0.1, 0.15) is 24.5 Å². The number of para-hydroxylation sites is 1. The minimum atomic E-state index is -0.102. The number of carbonyl (C=O) groups is 1. The van der Waals surface area contributed by atoms with Gasteiger partial charge >= 0.3 is 0 Å². The van der Waals surface area contributed by atoms with Gasteiger partial charge in [0.25, 0.3) is 0 Å². The Hall–Kier alpha value is -4.13. The summed E-state index contributed by atoms with van der Waals surface area (Å²) in [7, 11) is 0. The van der Waals surface area contributed by atoms with Crippen molar-refractivity contribution < 1.29 is 14.3 Å². The van der Waals surface area contributed by atoms with Gasteiger partial charge in [-0.25, -0.2) is 9.67 Å². The first-order valence-corrected chi connectivity index (χ1v) is 10.9. The first-order chi connectivity index (χ1) is 16.2. The summed E-state index contributed by atoms with van der Waals surface area (Å²) in [6, 6.07) is 20.9. The molecule has 0 unspecified atom stereocenters. The molecule has 0 saturated heterocycles. The number of hydrogen-bond donors (Lipinski definition) is 1. The summed E-state index contributed by atoms with van der Waals surface area (Å²) in [6.07, 6.45) is 6.43. The van der Waals surface area contributed by atoms with Crippen LogP contribution in [0.2, 0.25) is 0 Å². The van der Waals surface area contributed by atoms with Crippen molar-refractivity contribution in [2.24, 2.45) is 0 Å². The van der Waals surface area contributed by atoms with E-state index in [1.165, 1.54) is 0 Å². The van der Waals surface area contributed by atoms with Gasteiger partial charge in [-0.2, -0.15) is 5.10 Å². The molecule has 0 aliphatic rings. The second-order valence-electron chi connectivity index (χ2n) is 7.47. The first-order valence-electron chi connectivity index (χ1n) is 10.9. The lowest BCUT2D eigenvalue weighted by Gasteiger charge is -2.11. The van der Waals surface area contributed by atoms with Gasteiger partial charge in [0.1, 0.15) is 11.5 Å². The molecule has 2 aromatic carbocycles. The van der Waals surface area contributed by atoms with Crippen molar-refractivity contribution in [1.82, 2.24) is 20.1 Å². The van der Waals surface area contributed by atoms with Crippen LogP contribution in [0.25, 0.3) is 5.69 Å². The first kappa shape index (κ1) is 22.1. The van der Waals surface area contributed by atoms with E-state index in [2.05, 4.69) is 22.3 Å². The van der Waals surface area contributed by atoms with Crippen molar-refractivity contribution in [3.8, 4) is 23.1 Å². The van der Waals surface area contributed by atoms with Crippen LogP contribution in [0.3, 0.4) is 0 Å². The topological polar surface area (TPSA) is 78.3 Å². The molecule has 0 fully saturated rings. The zero-order valence-electron chi connectivity index (χ0n) is 18.5. The number of benzene rings is 2. The van der Waals surface area contributed by atoms with Gasteiger partial charge in [0.15, 0.2) is 0 Å². The highest BCUT2D eigenvalue weighted by atomic mass is 16.5. The molecular weight excluding hydrogens is 416 g/mol. The Morgan fingerprint density at radius 1 is 1.00 bits per heavy atom. The average Bonchev–Trinajstić information content (AvgIpc) is 3.32. The third-order valence-corrected chi connectivity index (χ3v) is 4.86. The fourth-order valence-electron chi connectivity index (χ4n) is 3.20. The van der Waals surface area contributed by atoms with Crippen molar-refractivity contribution in [1.29, 1.82) is 0 Å². The Labute approximate surface area is 193 Å². The molecule has 7 nitrogen and oxygen atoms in total. The third-order valence-electron chi connectivity index (χ3n) is 4.86. The van der Waals surface area contributed by atoms with Gasteiger partial charge in [-0.3, -0.25) is 4.79 Å². The van der Waals surface area contributed by atoms with Gasteiger partial charge in [-0.05, 0) is 54.4 Å². The highest BCUT2D eigenvalue weighted by Gasteiger charge is 2.10. The molecule has 0 bridgehead atoms. The molecule has 4 aromatic rings. The van der Waals surface area contributed by atoms with Crippen molar-refractivity contribution in [2.75, 3.05) is 6.61 Å². The molecule has 0 aliphatic carbocycles. The number of aromatic nitrogens is 3. The van der Waals surface area contributed by atoms with E-state index in [0.717, 1.165) is 29.0 Å². The molecule has 7 heteroatoms. The molecule has 168 valence electrons. The lowest BCUT2D eigenvalue weighted by molar-refractivity contribution is -0.120. The van der Waals surface area contributed by atoms with Crippen LogP contribution in [0.5, 0.6) is 17.4 Å². The van der Waals surface area contributed by atoms with Gasteiger partial charge in [0.05, 0.1) is 24.9 Å². The summed E-state index contributed by atoms with van der Waals surface area (Å²) in [4.78, 5) is 16.8. The maximum Gasteiger partial charge on any atom is 0.224 e. The maximum absolute atomic E-state index is 12.5. The largest absolute Gasteiger partial charge is 0.494 e. The lowest BCUT2D eigenvalue weighted by Crippen LogP contribution is -2.24. The minimum Gasteiger partial charge on any atom is -0.494 e. The quantitative estimate of drug-likeness (QED) is 0.385. The second kappa shape index (κ2) is 10.9. The fraction of sp³-hybridized carbons (Fsp3) is 0.192. The van der Waals surface area contributed by atoms with Crippen LogP contribution in [0, 0.1) is 0 Å². The molecule has 4 rings (SSSR count). The summed E-state index contributed by atoms with van der Waals surface area (Å²) in [5, 5.41) is 7.28. The molecule has 33 heavy (non-hydrogen) atoms. The number of carbonyl (C=O) groups excluding carboxylic acids is 1. The molecule has 0 radical (unpaired) electrons. The standard InChI is InChI=1S/C26H26N4O3/c1-2-15-32-23-10-12-24(13-11-23)33-26-21(7-6-14-27-26)18-28-25(31)16-20-17-29-30(19-20)22-8-4-3-5-9-22/h3-14,17,19H,2,15-16,18H2,1H3,(H,28,31). The average molecular weight is 443 g/mol. The highest BCUT2D eigenvalue weighted by Crippen LogP contribution is 2.25. The number of ether oxygens (including phenoxy) is 2. The predicted octanol–water partition coefficient (Wildman–Crippen LogP) is 4.71. The van der Waals surface area contributed by atoms with Gasteiger partial charge in [-0.1, -0.05) is 31.2 Å². The highest BCUT2D eigenvalue weighted by molar-refractivity contribution is 5.78. The summed E-state index contributed by atoms with van der Waals surface area (Å²) in [5.41, 5.74) is 2.58. The zero-order chi connectivity index (χ0) is 22.9. The number of nitrogens with one attached hydrogen (secondary N) is 1. The minimum absolute atomic E-state index is 0.102. The summed E-state index contributed by atoms with van der Waals surface area (Å²) in [5.74, 6) is 1.80. The van der Waals surface area contributed by atoms with Crippen molar-refractivity contribution in [2.45, 2.75) is 26.3 Å². The third kappa shape index (κ3) is 6.20. The second-order valence-corrected chi connectivity index (χ2v) is 7.47. The Bertz CT molecular complexity index is 1170. The van der Waals surface area contributed by atoms with E-state index in [4.69, 9.17) is 9.47 Å². The zero-order valence-corrected chi connectivity index (χ0v) is 18.5. The molecule has 0 spiro atoms. The Morgan fingerprint density at radius 3 is 2.58 bits per heavy atom. The van der Waals surface area contributed by atoms with E-state index in [-0.39, 0.29) is 12.3 Å². The van der Waals surface area contributed by atoms with Gasteiger partial charge in [0.2, 0.25) is 11.8 Å². The van der Waals surface area contributed by atoms with Crippen LogP contribution in [0.4, 0.5) is 0 Å². The van der Waals surface area contributed by atoms with Crippen LogP contribution in [-0.2, 0) is 17.8 Å². The number of pyridine rings is 1. The van der Waals surface area contributed by atoms with E-state index in [0.29, 0.717) is 24.8 Å². The molecule has 1 amide bonds. The van der Waals surface area contributed by atoms with Gasteiger partial charge in [0, 0.05) is 24.5 Å². The van der Waals surface area contributed by atoms with Crippen molar-refractivity contribution in [3.05, 3.63) is 96.4 Å². The Kier molecular flexibility index (Phi) is 7.33. The normalized spacial score (nSPS) is 10.6. The monoisotopic (exact) mass is 442 g/mol. The van der Waals surface area contributed by atoms with Crippen LogP contribution < -0.4 is 14.8 Å². The molecule has 2 heterocycles. The molecule has 1 N–H and O–H groups in total. The van der Waals surface area contributed by atoms with Crippen LogP contribution >= 0.6 is 0 Å². The molecular formula is C26H26N4O3. The number of nitrogens with zero attached hydrogens (tertiary/aromatic N) is 3. The van der Waals surface area contributed by atoms with Gasteiger partial charge < -0.3 is 14.8 Å². The molecule has 0 atom stereocenters. The molecule has 2 aromatic heterocycles. The van der Waals surface area contributed by atoms with Crippen LogP contribution in [0.15, 0.2) is 85.3 Å². The van der Waals surface area contributed by atoms with E-state index in [9.17, 15) is 4.79 Å². The fourth-order valence-corrected chi connectivity index (χ4v) is 3.20. The summed E-state index contributed by atoms with van der Waals surface area (Å²) < 4.78 is 13.3. The molecule has 0 aliphatic heterocycles. The summed E-state index contributed by atoms with van der Waals surface area (Å²) in [6.45, 7) is 3.06. The SMILES string of the molecule is CCCOc1ccc(Oc2ncccc2CNC(=O)Cc2cnn(-c3ccccc3)c2)cc1. The summed E-state index contributed by atoms with van der Waals surface area (Å²) >= 11 is 0. The number of hydrogen-bond acceptors (Lipinski definition) is 5.